The van der Waals surface area contributed by atoms with Gasteiger partial charge in [-0.25, -0.2) is 8.42 Å². The number of nitrogens with zero attached hydrogens (tertiary/aromatic N) is 1. The zero-order chi connectivity index (χ0) is 15.0. The lowest BCUT2D eigenvalue weighted by molar-refractivity contribution is 0.357. The van der Waals surface area contributed by atoms with Crippen molar-refractivity contribution in [2.75, 3.05) is 7.05 Å². The Morgan fingerprint density at radius 3 is 2.62 bits per heavy atom. The normalized spacial score (nSPS) is 20.7. The smallest absolute Gasteiger partial charge is 0.243 e. The van der Waals surface area contributed by atoms with Gasteiger partial charge in [-0.1, -0.05) is 12.1 Å². The molecule has 1 atom stereocenters. The van der Waals surface area contributed by atoms with E-state index in [0.29, 0.717) is 16.9 Å². The van der Waals surface area contributed by atoms with Crippen LogP contribution in [-0.2, 0) is 16.6 Å². The summed E-state index contributed by atoms with van der Waals surface area (Å²) in [6, 6.07) is 8.05. The van der Waals surface area contributed by atoms with E-state index in [2.05, 4.69) is 5.32 Å². The van der Waals surface area contributed by atoms with Crippen LogP contribution >= 0.6 is 0 Å². The Bertz CT molecular complexity index is 606. The summed E-state index contributed by atoms with van der Waals surface area (Å²) >= 11 is 0. The molecule has 116 valence electrons. The molecule has 2 aliphatic carbocycles. The van der Waals surface area contributed by atoms with Crippen LogP contribution in [-0.4, -0.2) is 31.9 Å². The van der Waals surface area contributed by atoms with Gasteiger partial charge in [-0.2, -0.15) is 4.31 Å². The fourth-order valence-electron chi connectivity index (χ4n) is 2.63. The molecule has 0 spiro atoms. The average Bonchev–Trinajstić information content (AvgIpc) is 3.37. The first kappa shape index (κ1) is 15.0. The fraction of sp³-hybridized carbons (Fsp3) is 0.625. The Morgan fingerprint density at radius 1 is 1.29 bits per heavy atom. The van der Waals surface area contributed by atoms with E-state index >= 15 is 0 Å². The van der Waals surface area contributed by atoms with Gasteiger partial charge in [-0.3, -0.25) is 0 Å². The highest BCUT2D eigenvalue weighted by Crippen LogP contribution is 2.36. The lowest BCUT2D eigenvalue weighted by Crippen LogP contribution is -2.36. The number of benzene rings is 1. The second-order valence-electron chi connectivity index (χ2n) is 6.40. The predicted molar refractivity (Wildman–Crippen MR) is 83.4 cm³/mol. The van der Waals surface area contributed by atoms with Gasteiger partial charge < -0.3 is 5.32 Å². The molecule has 4 nitrogen and oxygen atoms in total. The number of hydrogen-bond donors (Lipinski definition) is 1. The first-order valence-electron chi connectivity index (χ1n) is 7.79. The Balaban J connectivity index is 1.75. The molecule has 2 fully saturated rings. The number of nitrogens with one attached hydrogen (secondary N) is 1. The fourth-order valence-corrected chi connectivity index (χ4v) is 4.12. The Labute approximate surface area is 127 Å². The lowest BCUT2D eigenvalue weighted by atomic mass is 10.2. The molecule has 2 saturated carbocycles. The number of sulfonamides is 1. The van der Waals surface area contributed by atoms with Gasteiger partial charge in [-0.05, 0) is 56.2 Å². The Hall–Kier alpha value is -0.910. The molecule has 21 heavy (non-hydrogen) atoms. The van der Waals surface area contributed by atoms with Crippen LogP contribution in [0.1, 0.15) is 38.2 Å². The van der Waals surface area contributed by atoms with Crippen molar-refractivity contribution in [3.05, 3.63) is 29.8 Å². The second kappa shape index (κ2) is 5.71. The molecule has 5 heteroatoms. The van der Waals surface area contributed by atoms with Crippen molar-refractivity contribution in [2.45, 2.75) is 56.1 Å². The molecular weight excluding hydrogens is 284 g/mol. The molecule has 1 unspecified atom stereocenters. The second-order valence-corrected chi connectivity index (χ2v) is 8.40. The Kier molecular flexibility index (Phi) is 4.08. The highest BCUT2D eigenvalue weighted by molar-refractivity contribution is 7.89. The standard InChI is InChI=1S/C16H24N2O2S/c1-12(14-6-7-14)18(2)21(19,20)16-5-3-4-13(10-16)11-17-15-8-9-15/h3-5,10,12,14-15,17H,6-9,11H2,1-2H3. The maximum atomic E-state index is 12.7. The molecule has 1 aromatic carbocycles. The zero-order valence-electron chi connectivity index (χ0n) is 12.7. The molecule has 0 amide bonds. The molecule has 0 heterocycles. The first-order valence-corrected chi connectivity index (χ1v) is 9.23. The highest BCUT2D eigenvalue weighted by Gasteiger charge is 2.36. The third-order valence-electron chi connectivity index (χ3n) is 4.63. The largest absolute Gasteiger partial charge is 0.310 e. The van der Waals surface area contributed by atoms with Gasteiger partial charge in [0, 0.05) is 25.7 Å². The predicted octanol–water partition coefficient (Wildman–Crippen LogP) is 2.36. The van der Waals surface area contributed by atoms with E-state index in [1.807, 2.05) is 19.1 Å². The van der Waals surface area contributed by atoms with Crippen LogP contribution in [0, 0.1) is 5.92 Å². The summed E-state index contributed by atoms with van der Waals surface area (Å²) in [5, 5.41) is 3.42. The third-order valence-corrected chi connectivity index (χ3v) is 6.57. The monoisotopic (exact) mass is 308 g/mol. The highest BCUT2D eigenvalue weighted by atomic mass is 32.2. The summed E-state index contributed by atoms with van der Waals surface area (Å²) in [7, 11) is -1.68. The maximum absolute atomic E-state index is 12.7. The van der Waals surface area contributed by atoms with Crippen LogP contribution in [0.25, 0.3) is 0 Å². The van der Waals surface area contributed by atoms with Gasteiger partial charge >= 0.3 is 0 Å². The van der Waals surface area contributed by atoms with Crippen molar-refractivity contribution in [1.29, 1.82) is 0 Å². The van der Waals surface area contributed by atoms with Crippen LogP contribution in [0.2, 0.25) is 0 Å². The summed E-state index contributed by atoms with van der Waals surface area (Å²) < 4.78 is 27.0. The van der Waals surface area contributed by atoms with Crippen molar-refractivity contribution in [3.63, 3.8) is 0 Å². The van der Waals surface area contributed by atoms with E-state index < -0.39 is 10.0 Å². The molecule has 0 bridgehead atoms. The minimum atomic E-state index is -3.38. The topological polar surface area (TPSA) is 49.4 Å². The van der Waals surface area contributed by atoms with Crippen molar-refractivity contribution in [2.24, 2.45) is 5.92 Å². The molecule has 0 saturated heterocycles. The van der Waals surface area contributed by atoms with Crippen molar-refractivity contribution in [3.8, 4) is 0 Å². The summed E-state index contributed by atoms with van der Waals surface area (Å²) in [5.41, 5.74) is 1.04. The van der Waals surface area contributed by atoms with E-state index in [-0.39, 0.29) is 6.04 Å². The Morgan fingerprint density at radius 2 is 2.00 bits per heavy atom. The van der Waals surface area contributed by atoms with Crippen LogP contribution in [0.3, 0.4) is 0 Å². The lowest BCUT2D eigenvalue weighted by Gasteiger charge is -2.24. The van der Waals surface area contributed by atoms with E-state index in [4.69, 9.17) is 0 Å². The van der Waals surface area contributed by atoms with Gasteiger partial charge in [0.2, 0.25) is 10.0 Å². The van der Waals surface area contributed by atoms with Crippen molar-refractivity contribution < 1.29 is 8.42 Å². The van der Waals surface area contributed by atoms with E-state index in [1.54, 1.807) is 19.2 Å². The van der Waals surface area contributed by atoms with Crippen LogP contribution in [0.5, 0.6) is 0 Å². The van der Waals surface area contributed by atoms with Crippen LogP contribution in [0.4, 0.5) is 0 Å². The minimum Gasteiger partial charge on any atom is -0.310 e. The molecule has 0 radical (unpaired) electrons. The molecule has 2 aliphatic rings. The molecule has 0 aromatic heterocycles. The van der Waals surface area contributed by atoms with Gasteiger partial charge in [-0.15, -0.1) is 0 Å². The molecule has 1 N–H and O–H groups in total. The molecule has 3 rings (SSSR count). The zero-order valence-corrected chi connectivity index (χ0v) is 13.6. The van der Waals surface area contributed by atoms with Gasteiger partial charge in [0.05, 0.1) is 4.90 Å². The van der Waals surface area contributed by atoms with Crippen molar-refractivity contribution in [1.82, 2.24) is 9.62 Å². The van der Waals surface area contributed by atoms with E-state index in [0.717, 1.165) is 24.9 Å². The molecule has 1 aromatic rings. The maximum Gasteiger partial charge on any atom is 0.243 e. The van der Waals surface area contributed by atoms with E-state index in [9.17, 15) is 8.42 Å². The van der Waals surface area contributed by atoms with Gasteiger partial charge in [0.15, 0.2) is 0 Å². The van der Waals surface area contributed by atoms with Crippen LogP contribution in [0.15, 0.2) is 29.2 Å². The summed E-state index contributed by atoms with van der Waals surface area (Å²) in [4.78, 5) is 0.410. The first-order chi connectivity index (χ1) is 9.98. The van der Waals surface area contributed by atoms with Gasteiger partial charge in [0.25, 0.3) is 0 Å². The number of hydrogen-bond acceptors (Lipinski definition) is 3. The average molecular weight is 308 g/mol. The quantitative estimate of drug-likeness (QED) is 0.841. The summed E-state index contributed by atoms with van der Waals surface area (Å²) in [6.45, 7) is 2.75. The molecular formula is C16H24N2O2S. The summed E-state index contributed by atoms with van der Waals surface area (Å²) in [6.07, 6.45) is 4.76. The number of rotatable bonds is 7. The van der Waals surface area contributed by atoms with Crippen LogP contribution < -0.4 is 5.32 Å². The summed E-state index contributed by atoms with van der Waals surface area (Å²) in [5.74, 6) is 0.532. The SMILES string of the molecule is CC(C1CC1)N(C)S(=O)(=O)c1cccc(CNC2CC2)c1. The van der Waals surface area contributed by atoms with Gasteiger partial charge in [0.1, 0.15) is 0 Å². The molecule has 0 aliphatic heterocycles. The minimum absolute atomic E-state index is 0.0863. The van der Waals surface area contributed by atoms with E-state index in [1.165, 1.54) is 17.1 Å². The third kappa shape index (κ3) is 3.47. The van der Waals surface area contributed by atoms with Crippen molar-refractivity contribution >= 4 is 10.0 Å².